The van der Waals surface area contributed by atoms with Gasteiger partial charge in [0.25, 0.3) is 5.91 Å². The van der Waals surface area contributed by atoms with Gasteiger partial charge in [-0.1, -0.05) is 0 Å². The zero-order valence-electron chi connectivity index (χ0n) is 13.8. The summed E-state index contributed by atoms with van der Waals surface area (Å²) in [7, 11) is 1.11. The van der Waals surface area contributed by atoms with Gasteiger partial charge in [-0.25, -0.2) is 9.69 Å². The van der Waals surface area contributed by atoms with Crippen LogP contribution in [0.3, 0.4) is 0 Å². The number of esters is 1. The minimum Gasteiger partial charge on any atom is -0.500 e. The lowest BCUT2D eigenvalue weighted by atomic mass is 10.1. The van der Waals surface area contributed by atoms with Crippen LogP contribution in [-0.4, -0.2) is 53.1 Å². The first kappa shape index (κ1) is 18.7. The van der Waals surface area contributed by atoms with E-state index in [0.717, 1.165) is 13.2 Å². The smallest absolute Gasteiger partial charge is 0.329 e. The van der Waals surface area contributed by atoms with Crippen LogP contribution in [0.1, 0.15) is 12.5 Å². The molecule has 11 nitrogen and oxygen atoms in total. The summed E-state index contributed by atoms with van der Waals surface area (Å²) in [6, 6.07) is 1.47. The Hall–Kier alpha value is -3.63. The van der Waals surface area contributed by atoms with Crippen molar-refractivity contribution >= 4 is 29.7 Å². The Bertz CT molecular complexity index is 817. The maximum Gasteiger partial charge on any atom is 0.329 e. The molecule has 3 amide bonds. The molecule has 1 fully saturated rings. The molecular weight excluding hydrogens is 350 g/mol. The van der Waals surface area contributed by atoms with Gasteiger partial charge in [0.05, 0.1) is 18.6 Å². The van der Waals surface area contributed by atoms with Gasteiger partial charge in [0.2, 0.25) is 5.75 Å². The third-order valence-electron chi connectivity index (χ3n) is 3.36. The van der Waals surface area contributed by atoms with Gasteiger partial charge in [-0.2, -0.15) is 0 Å². The number of nitrogens with one attached hydrogen (secondary N) is 1. The molecule has 1 aromatic rings. The lowest BCUT2D eigenvalue weighted by molar-refractivity contribution is -0.386. The summed E-state index contributed by atoms with van der Waals surface area (Å²) in [5, 5.41) is 23.2. The van der Waals surface area contributed by atoms with E-state index >= 15 is 0 Å². The van der Waals surface area contributed by atoms with E-state index in [1.54, 1.807) is 6.92 Å². The number of nitrogens with zero attached hydrogens (tertiary/aromatic N) is 2. The van der Waals surface area contributed by atoms with Crippen LogP contribution >= 0.6 is 0 Å². The van der Waals surface area contributed by atoms with Crippen LogP contribution in [0.2, 0.25) is 0 Å². The van der Waals surface area contributed by atoms with Crippen LogP contribution in [0.4, 0.5) is 10.5 Å². The van der Waals surface area contributed by atoms with Crippen molar-refractivity contribution in [2.45, 2.75) is 6.92 Å². The van der Waals surface area contributed by atoms with Crippen molar-refractivity contribution in [1.29, 1.82) is 0 Å². The second-order valence-electron chi connectivity index (χ2n) is 5.03. The molecule has 0 aromatic heterocycles. The number of phenolic OH excluding ortho intramolecular Hbond substituents is 1. The van der Waals surface area contributed by atoms with Crippen molar-refractivity contribution in [3.05, 3.63) is 33.5 Å². The molecular formula is C15H15N3O8. The fourth-order valence-corrected chi connectivity index (χ4v) is 2.18. The summed E-state index contributed by atoms with van der Waals surface area (Å²) in [5.74, 6) is -2.37. The zero-order chi connectivity index (χ0) is 19.4. The Morgan fingerprint density at radius 3 is 2.69 bits per heavy atom. The average Bonchev–Trinajstić information content (AvgIpc) is 2.84. The van der Waals surface area contributed by atoms with Crippen molar-refractivity contribution in [3.63, 3.8) is 0 Å². The second-order valence-corrected chi connectivity index (χ2v) is 5.03. The Morgan fingerprint density at radius 2 is 2.12 bits per heavy atom. The maximum absolute atomic E-state index is 12.2. The molecule has 1 heterocycles. The number of ether oxygens (including phenoxy) is 2. The molecule has 11 heteroatoms. The third-order valence-corrected chi connectivity index (χ3v) is 3.36. The highest BCUT2D eigenvalue weighted by Crippen LogP contribution is 2.37. The number of carbonyl (C=O) groups excluding carboxylic acids is 3. The van der Waals surface area contributed by atoms with E-state index in [-0.39, 0.29) is 23.6 Å². The number of benzene rings is 1. The van der Waals surface area contributed by atoms with E-state index in [9.17, 15) is 29.6 Å². The van der Waals surface area contributed by atoms with Gasteiger partial charge >= 0.3 is 17.7 Å². The van der Waals surface area contributed by atoms with E-state index in [2.05, 4.69) is 10.1 Å². The molecule has 2 N–H and O–H groups in total. The summed E-state index contributed by atoms with van der Waals surface area (Å²) < 4.78 is 9.55. The number of nitro benzene ring substituents is 1. The van der Waals surface area contributed by atoms with Crippen LogP contribution in [0.15, 0.2) is 17.8 Å². The predicted molar refractivity (Wildman–Crippen MR) is 86.2 cm³/mol. The first-order valence-electron chi connectivity index (χ1n) is 7.34. The lowest BCUT2D eigenvalue weighted by Gasteiger charge is -2.09. The van der Waals surface area contributed by atoms with Crippen molar-refractivity contribution in [2.75, 3.05) is 20.3 Å². The summed E-state index contributed by atoms with van der Waals surface area (Å²) in [4.78, 5) is 46.2. The largest absolute Gasteiger partial charge is 0.500 e. The number of rotatable bonds is 6. The van der Waals surface area contributed by atoms with E-state index < -0.39 is 40.8 Å². The van der Waals surface area contributed by atoms with Crippen LogP contribution in [0.25, 0.3) is 6.08 Å². The number of phenols is 1. The van der Waals surface area contributed by atoms with E-state index in [1.807, 2.05) is 0 Å². The number of nitro groups is 1. The lowest BCUT2D eigenvalue weighted by Crippen LogP contribution is -2.36. The number of hydrogen-bond donors (Lipinski definition) is 2. The van der Waals surface area contributed by atoms with Gasteiger partial charge in [0.15, 0.2) is 5.75 Å². The minimum atomic E-state index is -0.829. The first-order chi connectivity index (χ1) is 12.3. The average molecular weight is 365 g/mol. The Morgan fingerprint density at radius 1 is 1.42 bits per heavy atom. The van der Waals surface area contributed by atoms with E-state index in [1.165, 1.54) is 12.1 Å². The van der Waals surface area contributed by atoms with Crippen molar-refractivity contribution < 1.29 is 33.9 Å². The molecule has 138 valence electrons. The fraction of sp³-hybridized carbons (Fsp3) is 0.267. The summed E-state index contributed by atoms with van der Waals surface area (Å²) in [5.41, 5.74) is -0.672. The fourth-order valence-electron chi connectivity index (χ4n) is 2.18. The molecule has 0 aliphatic carbocycles. The topological polar surface area (TPSA) is 148 Å². The Kier molecular flexibility index (Phi) is 5.40. The molecule has 1 saturated heterocycles. The summed E-state index contributed by atoms with van der Waals surface area (Å²) >= 11 is 0. The van der Waals surface area contributed by atoms with Gasteiger partial charge < -0.3 is 19.9 Å². The number of carbonyl (C=O) groups is 3. The van der Waals surface area contributed by atoms with Gasteiger partial charge in [-0.3, -0.25) is 19.7 Å². The molecule has 0 bridgehead atoms. The van der Waals surface area contributed by atoms with Gasteiger partial charge in [-0.15, -0.1) is 0 Å². The van der Waals surface area contributed by atoms with Crippen LogP contribution in [0.5, 0.6) is 11.5 Å². The third kappa shape index (κ3) is 3.71. The summed E-state index contributed by atoms with van der Waals surface area (Å²) in [6.07, 6.45) is 1.17. The van der Waals surface area contributed by atoms with Crippen LogP contribution < -0.4 is 10.1 Å². The maximum atomic E-state index is 12.2. The molecule has 1 aliphatic heterocycles. The zero-order valence-corrected chi connectivity index (χ0v) is 13.8. The van der Waals surface area contributed by atoms with E-state index in [4.69, 9.17) is 4.74 Å². The molecule has 0 radical (unpaired) electrons. The molecule has 26 heavy (non-hydrogen) atoms. The minimum absolute atomic E-state index is 0.140. The molecule has 0 saturated carbocycles. The van der Waals surface area contributed by atoms with Crippen molar-refractivity contribution in [2.24, 2.45) is 0 Å². The van der Waals surface area contributed by atoms with Crippen LogP contribution in [0, 0.1) is 10.1 Å². The number of hydrogen-bond acceptors (Lipinski definition) is 8. The second kappa shape index (κ2) is 7.51. The molecule has 1 aromatic carbocycles. The van der Waals surface area contributed by atoms with Gasteiger partial charge in [0.1, 0.15) is 12.2 Å². The number of methoxy groups -OCH3 is 1. The number of aromatic hydroxyl groups is 1. The standard InChI is InChI=1S/C15H15N3O8/c1-3-26-11-6-8(5-10(13(11)20)18(23)24)4-9-14(21)17(15(22)16-9)7-12(19)25-2/h4-6,20H,3,7H2,1-2H3,(H,16,22)/b9-4+. The number of imide groups is 1. The Balaban J connectivity index is 2.40. The molecule has 2 rings (SSSR count). The van der Waals surface area contributed by atoms with Gasteiger partial charge in [-0.05, 0) is 24.6 Å². The predicted octanol–water partition coefficient (Wildman–Crippen LogP) is 0.765. The number of urea groups is 1. The first-order valence-corrected chi connectivity index (χ1v) is 7.34. The monoisotopic (exact) mass is 365 g/mol. The van der Waals surface area contributed by atoms with Gasteiger partial charge in [0, 0.05) is 6.07 Å². The highest BCUT2D eigenvalue weighted by atomic mass is 16.6. The molecule has 1 aliphatic rings. The highest BCUT2D eigenvalue weighted by molar-refractivity contribution is 6.15. The normalized spacial score (nSPS) is 15.2. The quantitative estimate of drug-likeness (QED) is 0.247. The van der Waals surface area contributed by atoms with Crippen molar-refractivity contribution in [1.82, 2.24) is 10.2 Å². The molecule has 0 spiro atoms. The molecule has 0 unspecified atom stereocenters. The SMILES string of the molecule is CCOc1cc(/C=C2/NC(=O)N(CC(=O)OC)C2=O)cc([N+](=O)[O-])c1O. The molecule has 0 atom stereocenters. The summed E-state index contributed by atoms with van der Waals surface area (Å²) in [6.45, 7) is 1.20. The van der Waals surface area contributed by atoms with Crippen molar-refractivity contribution in [3.8, 4) is 11.5 Å². The Labute approximate surface area is 146 Å². The van der Waals surface area contributed by atoms with E-state index in [0.29, 0.717) is 4.90 Å². The van der Waals surface area contributed by atoms with Crippen LogP contribution in [-0.2, 0) is 14.3 Å². The number of amides is 3. The highest BCUT2D eigenvalue weighted by Gasteiger charge is 2.35.